The summed E-state index contributed by atoms with van der Waals surface area (Å²) in [5.74, 6) is -1.77. The highest BCUT2D eigenvalue weighted by atomic mass is 32.2. The van der Waals surface area contributed by atoms with Crippen molar-refractivity contribution in [2.24, 2.45) is 5.41 Å². The highest BCUT2D eigenvalue weighted by Gasteiger charge is 2.47. The molecule has 1 unspecified atom stereocenters. The summed E-state index contributed by atoms with van der Waals surface area (Å²) in [5.41, 5.74) is 0.261. The molecule has 1 saturated carbocycles. The van der Waals surface area contributed by atoms with Crippen LogP contribution in [-0.4, -0.2) is 26.1 Å². The fraction of sp³-hybridized carbons (Fsp3) is 0.500. The fourth-order valence-corrected chi connectivity index (χ4v) is 3.66. The van der Waals surface area contributed by atoms with E-state index in [0.29, 0.717) is 6.42 Å². The lowest BCUT2D eigenvalue weighted by Gasteiger charge is -2.42. The first-order chi connectivity index (χ1) is 9.43. The molecule has 1 fully saturated rings. The Morgan fingerprint density at radius 1 is 1.19 bits per heavy atom. The summed E-state index contributed by atoms with van der Waals surface area (Å²) in [6.07, 6.45) is -4.39. The summed E-state index contributed by atoms with van der Waals surface area (Å²) in [5, 5.41) is 0. The number of hydrogen-bond acceptors (Lipinski definition) is 3. The lowest BCUT2D eigenvalue weighted by atomic mass is 9.59. The Morgan fingerprint density at radius 3 is 2.10 bits per heavy atom. The largest absolute Gasteiger partial charge is 0.403 e. The second-order valence-corrected chi connectivity index (χ2v) is 7.83. The number of benzene rings is 1. The Bertz CT molecular complexity index is 658. The summed E-state index contributed by atoms with van der Waals surface area (Å²) in [6.45, 7) is 3.61. The van der Waals surface area contributed by atoms with E-state index in [2.05, 4.69) is 0 Å². The van der Waals surface area contributed by atoms with Gasteiger partial charge in [0.05, 0.1) is 4.90 Å². The van der Waals surface area contributed by atoms with Crippen molar-refractivity contribution >= 4 is 15.6 Å². The van der Waals surface area contributed by atoms with E-state index in [4.69, 9.17) is 0 Å². The zero-order chi connectivity index (χ0) is 16.1. The van der Waals surface area contributed by atoms with Gasteiger partial charge >= 0.3 is 6.18 Å². The zero-order valence-electron chi connectivity index (χ0n) is 11.6. The predicted molar refractivity (Wildman–Crippen MR) is 70.7 cm³/mol. The summed E-state index contributed by atoms with van der Waals surface area (Å²) >= 11 is 0. The number of sulfone groups is 1. The second kappa shape index (κ2) is 4.83. The molecular weight excluding hydrogens is 305 g/mol. The number of ketones is 1. The van der Waals surface area contributed by atoms with Gasteiger partial charge in [-0.2, -0.15) is 13.2 Å². The summed E-state index contributed by atoms with van der Waals surface area (Å²) < 4.78 is 59.9. The molecule has 0 N–H and O–H groups in total. The SMILES string of the molecule is CC1(C)C(=O)CC1c1ccc(S(=O)(=O)CC(F)(F)F)cc1. The highest BCUT2D eigenvalue weighted by molar-refractivity contribution is 7.91. The first-order valence-corrected chi connectivity index (χ1v) is 8.01. The van der Waals surface area contributed by atoms with Crippen molar-refractivity contribution in [3.8, 4) is 0 Å². The molecule has 0 heterocycles. The Morgan fingerprint density at radius 2 is 1.71 bits per heavy atom. The summed E-state index contributed by atoms with van der Waals surface area (Å²) in [6, 6.07) is 5.33. The Kier molecular flexibility index (Phi) is 3.68. The minimum absolute atomic E-state index is 0.0237. The van der Waals surface area contributed by atoms with Crippen LogP contribution in [0, 0.1) is 5.41 Å². The van der Waals surface area contributed by atoms with Gasteiger partial charge in [0.2, 0.25) is 0 Å². The van der Waals surface area contributed by atoms with E-state index in [1.54, 1.807) is 13.8 Å². The quantitative estimate of drug-likeness (QED) is 0.860. The van der Waals surface area contributed by atoms with Crippen LogP contribution in [0.3, 0.4) is 0 Å². The zero-order valence-corrected chi connectivity index (χ0v) is 12.4. The van der Waals surface area contributed by atoms with Gasteiger partial charge in [0, 0.05) is 17.8 Å². The van der Waals surface area contributed by atoms with E-state index in [1.807, 2.05) is 0 Å². The molecular formula is C14H15F3O3S. The van der Waals surface area contributed by atoms with E-state index in [9.17, 15) is 26.4 Å². The van der Waals surface area contributed by atoms with Crippen molar-refractivity contribution < 1.29 is 26.4 Å². The Hall–Kier alpha value is -1.37. The number of carbonyl (C=O) groups excluding carboxylic acids is 1. The molecule has 116 valence electrons. The van der Waals surface area contributed by atoms with Crippen LogP contribution in [0.5, 0.6) is 0 Å². The molecule has 2 rings (SSSR count). The maximum absolute atomic E-state index is 12.2. The van der Waals surface area contributed by atoms with Crippen LogP contribution < -0.4 is 0 Å². The molecule has 1 atom stereocenters. The van der Waals surface area contributed by atoms with Gasteiger partial charge in [-0.3, -0.25) is 4.79 Å². The normalized spacial score (nSPS) is 22.0. The molecule has 21 heavy (non-hydrogen) atoms. The van der Waals surface area contributed by atoms with Gasteiger partial charge in [-0.15, -0.1) is 0 Å². The van der Waals surface area contributed by atoms with E-state index < -0.39 is 27.2 Å². The maximum atomic E-state index is 12.2. The molecule has 1 aromatic rings. The van der Waals surface area contributed by atoms with Crippen molar-refractivity contribution in [2.45, 2.75) is 37.3 Å². The van der Waals surface area contributed by atoms with Crippen LogP contribution in [0.2, 0.25) is 0 Å². The molecule has 0 saturated heterocycles. The van der Waals surface area contributed by atoms with Crippen LogP contribution in [0.1, 0.15) is 31.7 Å². The average molecular weight is 320 g/mol. The first-order valence-electron chi connectivity index (χ1n) is 6.36. The van der Waals surface area contributed by atoms with E-state index in [-0.39, 0.29) is 16.6 Å². The van der Waals surface area contributed by atoms with Crippen LogP contribution in [0.15, 0.2) is 29.2 Å². The highest BCUT2D eigenvalue weighted by Crippen LogP contribution is 2.49. The van der Waals surface area contributed by atoms with Gasteiger partial charge in [-0.25, -0.2) is 8.42 Å². The number of Topliss-reactive ketones (excluding diaryl/α,β-unsaturated/α-hetero) is 1. The molecule has 0 aliphatic heterocycles. The molecule has 0 amide bonds. The van der Waals surface area contributed by atoms with Crippen LogP contribution in [-0.2, 0) is 14.6 Å². The number of hydrogen-bond donors (Lipinski definition) is 0. The smallest absolute Gasteiger partial charge is 0.299 e. The number of carbonyl (C=O) groups is 1. The fourth-order valence-electron chi connectivity index (χ4n) is 2.51. The Balaban J connectivity index is 2.23. The van der Waals surface area contributed by atoms with Gasteiger partial charge in [-0.1, -0.05) is 26.0 Å². The lowest BCUT2D eigenvalue weighted by molar-refractivity contribution is -0.138. The predicted octanol–water partition coefficient (Wildman–Crippen LogP) is 3.11. The summed E-state index contributed by atoms with van der Waals surface area (Å²) in [7, 11) is -4.38. The maximum Gasteiger partial charge on any atom is 0.403 e. The Labute approximate surface area is 121 Å². The van der Waals surface area contributed by atoms with Crippen molar-refractivity contribution in [3.63, 3.8) is 0 Å². The van der Waals surface area contributed by atoms with Gasteiger partial charge in [-0.05, 0) is 17.7 Å². The first kappa shape index (κ1) is 16.0. The molecule has 0 radical (unpaired) electrons. The van der Waals surface area contributed by atoms with Crippen molar-refractivity contribution in [1.82, 2.24) is 0 Å². The van der Waals surface area contributed by atoms with Gasteiger partial charge in [0.25, 0.3) is 0 Å². The average Bonchev–Trinajstić information content (AvgIpc) is 2.33. The lowest BCUT2D eigenvalue weighted by Crippen LogP contribution is -2.43. The molecule has 7 heteroatoms. The monoisotopic (exact) mass is 320 g/mol. The number of rotatable bonds is 3. The van der Waals surface area contributed by atoms with Gasteiger partial charge < -0.3 is 0 Å². The van der Waals surface area contributed by atoms with Crippen LogP contribution >= 0.6 is 0 Å². The molecule has 0 spiro atoms. The number of alkyl halides is 3. The number of halogens is 3. The summed E-state index contributed by atoms with van der Waals surface area (Å²) in [4.78, 5) is 11.1. The van der Waals surface area contributed by atoms with E-state index in [1.165, 1.54) is 24.3 Å². The molecule has 1 aromatic carbocycles. The minimum atomic E-state index is -4.76. The molecule has 1 aliphatic carbocycles. The molecule has 3 nitrogen and oxygen atoms in total. The topological polar surface area (TPSA) is 51.2 Å². The van der Waals surface area contributed by atoms with Crippen molar-refractivity contribution in [3.05, 3.63) is 29.8 Å². The van der Waals surface area contributed by atoms with Crippen LogP contribution in [0.25, 0.3) is 0 Å². The second-order valence-electron chi connectivity index (χ2n) is 5.84. The van der Waals surface area contributed by atoms with Crippen molar-refractivity contribution in [2.75, 3.05) is 5.75 Å². The van der Waals surface area contributed by atoms with E-state index >= 15 is 0 Å². The standard InChI is InChI=1S/C14H15F3O3S/c1-13(2)11(7-12(13)18)9-3-5-10(6-4-9)21(19,20)8-14(15,16)17/h3-6,11H,7-8H2,1-2H3. The van der Waals surface area contributed by atoms with Gasteiger partial charge in [0.1, 0.15) is 5.78 Å². The van der Waals surface area contributed by atoms with Crippen LogP contribution in [0.4, 0.5) is 13.2 Å². The molecule has 1 aliphatic rings. The third-order valence-corrected chi connectivity index (χ3v) is 5.67. The van der Waals surface area contributed by atoms with E-state index in [0.717, 1.165) is 5.56 Å². The van der Waals surface area contributed by atoms with Crippen molar-refractivity contribution in [1.29, 1.82) is 0 Å². The molecule has 0 bridgehead atoms. The minimum Gasteiger partial charge on any atom is -0.299 e. The third kappa shape index (κ3) is 3.12. The molecule has 0 aromatic heterocycles. The van der Waals surface area contributed by atoms with Gasteiger partial charge in [0.15, 0.2) is 15.6 Å². The third-order valence-electron chi connectivity index (χ3n) is 3.97.